The summed E-state index contributed by atoms with van der Waals surface area (Å²) in [6.45, 7) is 7.10. The Morgan fingerprint density at radius 1 is 1.00 bits per heavy atom. The highest BCUT2D eigenvalue weighted by molar-refractivity contribution is 7.99. The van der Waals surface area contributed by atoms with Gasteiger partial charge in [-0.2, -0.15) is 11.8 Å². The maximum absolute atomic E-state index is 11.3. The molecule has 2 aliphatic rings. The zero-order valence-electron chi connectivity index (χ0n) is 18.8. The molecule has 2 rings (SSSR count). The van der Waals surface area contributed by atoms with E-state index in [1.54, 1.807) is 20.8 Å². The first kappa shape index (κ1) is 26.1. The van der Waals surface area contributed by atoms with Crippen molar-refractivity contribution in [3.8, 4) is 0 Å². The van der Waals surface area contributed by atoms with Crippen LogP contribution in [-0.4, -0.2) is 52.4 Å². The molecule has 3 N–H and O–H groups in total. The van der Waals surface area contributed by atoms with Crippen LogP contribution in [0.2, 0.25) is 0 Å². The Hall–Kier alpha value is -0.950. The van der Waals surface area contributed by atoms with Crippen molar-refractivity contribution in [3.63, 3.8) is 0 Å². The number of nitrogens with one attached hydrogen (secondary N) is 2. The van der Waals surface area contributed by atoms with E-state index in [-0.39, 0.29) is 0 Å². The molecule has 0 radical (unpaired) electrons. The molecule has 0 saturated heterocycles. The zero-order valence-corrected chi connectivity index (χ0v) is 19.6. The molecule has 170 valence electrons. The molecule has 0 aromatic heterocycles. The van der Waals surface area contributed by atoms with Gasteiger partial charge in [-0.3, -0.25) is 0 Å². The van der Waals surface area contributed by atoms with Gasteiger partial charge in [0.05, 0.1) is 0 Å². The Morgan fingerprint density at radius 2 is 1.48 bits per heavy atom. The van der Waals surface area contributed by atoms with Crippen LogP contribution in [-0.2, 0) is 9.53 Å². The smallest absolute Gasteiger partial charge is 0.408 e. The Labute approximate surface area is 181 Å². The number of aliphatic carboxylic acids is 1. The zero-order chi connectivity index (χ0) is 21.7. The molecule has 0 spiro atoms. The summed E-state index contributed by atoms with van der Waals surface area (Å²) >= 11 is 1.45. The normalized spacial score (nSPS) is 19.6. The van der Waals surface area contributed by atoms with Crippen LogP contribution in [0, 0.1) is 0 Å². The highest BCUT2D eigenvalue weighted by Crippen LogP contribution is 2.22. The lowest BCUT2D eigenvalue weighted by molar-refractivity contribution is -0.138. The van der Waals surface area contributed by atoms with Gasteiger partial charge >= 0.3 is 12.1 Å². The van der Waals surface area contributed by atoms with Crippen LogP contribution in [0.5, 0.6) is 0 Å². The van der Waals surface area contributed by atoms with Crippen LogP contribution in [0.25, 0.3) is 0 Å². The van der Waals surface area contributed by atoms with E-state index in [0.717, 1.165) is 17.8 Å². The topological polar surface area (TPSA) is 87.7 Å². The molecule has 2 saturated carbocycles. The van der Waals surface area contributed by atoms with Crippen molar-refractivity contribution in [1.29, 1.82) is 0 Å². The van der Waals surface area contributed by atoms with Crippen molar-refractivity contribution >= 4 is 23.8 Å². The first-order valence-electron chi connectivity index (χ1n) is 11.3. The van der Waals surface area contributed by atoms with Gasteiger partial charge in [0.1, 0.15) is 11.6 Å². The van der Waals surface area contributed by atoms with Gasteiger partial charge in [0.15, 0.2) is 0 Å². The van der Waals surface area contributed by atoms with Crippen molar-refractivity contribution in [2.45, 2.75) is 116 Å². The van der Waals surface area contributed by atoms with E-state index in [4.69, 9.17) is 9.84 Å². The summed E-state index contributed by atoms with van der Waals surface area (Å²) in [5, 5.41) is 15.0. The minimum absolute atomic E-state index is 0.338. The number of thioether (sulfide) groups is 1. The predicted octanol–water partition coefficient (Wildman–Crippen LogP) is 4.96. The number of amides is 1. The lowest BCUT2D eigenvalue weighted by Crippen LogP contribution is -2.44. The largest absolute Gasteiger partial charge is 0.480 e. The Kier molecular flexibility index (Phi) is 12.7. The molecule has 0 aromatic rings. The summed E-state index contributed by atoms with van der Waals surface area (Å²) in [5.74, 6) is 0.0945. The van der Waals surface area contributed by atoms with Crippen LogP contribution < -0.4 is 10.6 Å². The SMILES string of the molecule is C1CCC(NC2CCCCC2)CC1.CCSCC(NC(=O)OC(C)(C)C)C(=O)O. The fourth-order valence-electron chi connectivity index (χ4n) is 3.73. The predicted molar refractivity (Wildman–Crippen MR) is 121 cm³/mol. The lowest BCUT2D eigenvalue weighted by atomic mass is 9.91. The monoisotopic (exact) mass is 430 g/mol. The molecule has 6 nitrogen and oxygen atoms in total. The van der Waals surface area contributed by atoms with E-state index in [0.29, 0.717) is 5.75 Å². The van der Waals surface area contributed by atoms with E-state index in [1.807, 2.05) is 6.92 Å². The van der Waals surface area contributed by atoms with Crippen molar-refractivity contribution < 1.29 is 19.4 Å². The Bertz CT molecular complexity index is 454. The molecular formula is C22H42N2O4S. The molecule has 0 aliphatic heterocycles. The number of ether oxygens (including phenoxy) is 1. The number of carboxylic acid groups (broad SMARTS) is 1. The Morgan fingerprint density at radius 3 is 1.86 bits per heavy atom. The average Bonchev–Trinajstić information content (AvgIpc) is 2.65. The van der Waals surface area contributed by atoms with E-state index in [1.165, 1.54) is 76.0 Å². The van der Waals surface area contributed by atoms with E-state index >= 15 is 0 Å². The van der Waals surface area contributed by atoms with Gasteiger partial charge in [0.2, 0.25) is 0 Å². The van der Waals surface area contributed by atoms with Crippen molar-refractivity contribution in [2.75, 3.05) is 11.5 Å². The number of alkyl carbamates (subject to hydrolysis) is 1. The third-order valence-corrected chi connectivity index (χ3v) is 6.14. The minimum atomic E-state index is -1.05. The van der Waals surface area contributed by atoms with Gasteiger partial charge in [0.25, 0.3) is 0 Å². The van der Waals surface area contributed by atoms with Gasteiger partial charge in [-0.05, 0) is 52.2 Å². The van der Waals surface area contributed by atoms with Gasteiger partial charge in [0, 0.05) is 17.8 Å². The van der Waals surface area contributed by atoms with Crippen molar-refractivity contribution in [1.82, 2.24) is 10.6 Å². The summed E-state index contributed by atoms with van der Waals surface area (Å²) in [7, 11) is 0. The summed E-state index contributed by atoms with van der Waals surface area (Å²) < 4.78 is 4.98. The van der Waals surface area contributed by atoms with E-state index in [9.17, 15) is 9.59 Å². The number of carbonyl (C=O) groups excluding carboxylic acids is 1. The fourth-order valence-corrected chi connectivity index (χ4v) is 4.43. The maximum Gasteiger partial charge on any atom is 0.408 e. The second kappa shape index (κ2) is 14.1. The summed E-state index contributed by atoms with van der Waals surface area (Å²) in [4.78, 5) is 22.2. The van der Waals surface area contributed by atoms with E-state index < -0.39 is 23.7 Å². The Balaban J connectivity index is 0.000000294. The highest BCUT2D eigenvalue weighted by atomic mass is 32.2. The average molecular weight is 431 g/mol. The van der Waals surface area contributed by atoms with Crippen molar-refractivity contribution in [2.24, 2.45) is 0 Å². The number of hydrogen-bond acceptors (Lipinski definition) is 5. The molecule has 1 amide bonds. The molecule has 0 aromatic carbocycles. The van der Waals surface area contributed by atoms with Crippen LogP contribution in [0.3, 0.4) is 0 Å². The molecule has 7 heteroatoms. The third kappa shape index (κ3) is 13.1. The van der Waals surface area contributed by atoms with Crippen LogP contribution >= 0.6 is 11.8 Å². The second-order valence-electron chi connectivity index (χ2n) is 9.03. The number of carbonyl (C=O) groups is 2. The molecule has 2 fully saturated rings. The third-order valence-electron chi connectivity index (χ3n) is 5.16. The lowest BCUT2D eigenvalue weighted by Gasteiger charge is -2.30. The second-order valence-corrected chi connectivity index (χ2v) is 10.4. The quantitative estimate of drug-likeness (QED) is 0.529. The number of hydrogen-bond donors (Lipinski definition) is 3. The summed E-state index contributed by atoms with van der Waals surface area (Å²) in [6, 6.07) is 0.841. The molecular weight excluding hydrogens is 388 g/mol. The molecule has 1 unspecified atom stereocenters. The summed E-state index contributed by atoms with van der Waals surface area (Å²) in [6.07, 6.45) is 13.9. The van der Waals surface area contributed by atoms with Gasteiger partial charge in [-0.1, -0.05) is 45.4 Å². The number of rotatable bonds is 7. The van der Waals surface area contributed by atoms with Crippen LogP contribution in [0.1, 0.15) is 91.9 Å². The highest BCUT2D eigenvalue weighted by Gasteiger charge is 2.23. The molecule has 2 aliphatic carbocycles. The molecule has 0 bridgehead atoms. The first-order chi connectivity index (χ1) is 13.7. The summed E-state index contributed by atoms with van der Waals surface area (Å²) in [5.41, 5.74) is -0.620. The van der Waals surface area contributed by atoms with Crippen LogP contribution in [0.4, 0.5) is 4.79 Å². The van der Waals surface area contributed by atoms with Gasteiger partial charge < -0.3 is 20.5 Å². The number of carboxylic acids is 1. The van der Waals surface area contributed by atoms with Gasteiger partial charge in [-0.15, -0.1) is 0 Å². The molecule has 29 heavy (non-hydrogen) atoms. The van der Waals surface area contributed by atoms with E-state index in [2.05, 4.69) is 10.6 Å². The molecule has 1 atom stereocenters. The first-order valence-corrected chi connectivity index (χ1v) is 12.4. The van der Waals surface area contributed by atoms with Crippen LogP contribution in [0.15, 0.2) is 0 Å². The fraction of sp³-hybridized carbons (Fsp3) is 0.909. The molecule has 0 heterocycles. The van der Waals surface area contributed by atoms with Crippen molar-refractivity contribution in [3.05, 3.63) is 0 Å². The minimum Gasteiger partial charge on any atom is -0.480 e. The maximum atomic E-state index is 11.3. The standard InChI is InChI=1S/C12H23N.C10H19NO4S/c1-3-7-11(8-4-1)13-12-9-5-2-6-10-12;1-5-16-6-7(8(12)13)11-9(14)15-10(2,3)4/h11-13H,1-10H2;7H,5-6H2,1-4H3,(H,11,14)(H,12,13). The van der Waals surface area contributed by atoms with Gasteiger partial charge in [-0.25, -0.2) is 9.59 Å².